The van der Waals surface area contributed by atoms with Crippen LogP contribution in [0.1, 0.15) is 31.4 Å². The van der Waals surface area contributed by atoms with Gasteiger partial charge in [-0.3, -0.25) is 4.79 Å². The summed E-state index contributed by atoms with van der Waals surface area (Å²) in [6, 6.07) is 8.47. The predicted molar refractivity (Wildman–Crippen MR) is 82.7 cm³/mol. The smallest absolute Gasteiger partial charge is 0.227 e. The molecule has 0 bridgehead atoms. The summed E-state index contributed by atoms with van der Waals surface area (Å²) in [6.45, 7) is 8.86. The summed E-state index contributed by atoms with van der Waals surface area (Å²) in [4.78, 5) is 12.5. The number of hydrogen-bond donors (Lipinski definition) is 2. The lowest BCUT2D eigenvalue weighted by molar-refractivity contribution is -0.132. The molecule has 0 saturated carbocycles. The monoisotopic (exact) mass is 274 g/mol. The molecule has 1 amide bonds. The number of rotatable bonds is 5. The summed E-state index contributed by atoms with van der Waals surface area (Å²) in [5.41, 5.74) is 2.34. The largest absolute Gasteiger partial charge is 0.355 e. The van der Waals surface area contributed by atoms with Gasteiger partial charge < -0.3 is 10.6 Å². The summed E-state index contributed by atoms with van der Waals surface area (Å²) in [5.74, 6) is 0.585. The Balaban J connectivity index is 1.88. The molecule has 1 heterocycles. The Kier molecular flexibility index (Phi) is 4.81. The highest BCUT2D eigenvalue weighted by molar-refractivity contribution is 5.83. The maximum atomic E-state index is 12.5. The standard InChI is InChI=1S/C17H26N2O/c1-13(2)17(8-10-18-12-17)16(20)19-9-7-15-6-4-5-14(3)11-15/h4-6,11,13,18H,7-10,12H2,1-3H3,(H,19,20). The number of amides is 1. The van der Waals surface area contributed by atoms with Gasteiger partial charge in [0.05, 0.1) is 5.41 Å². The summed E-state index contributed by atoms with van der Waals surface area (Å²) in [5, 5.41) is 6.47. The summed E-state index contributed by atoms with van der Waals surface area (Å²) >= 11 is 0. The lowest BCUT2D eigenvalue weighted by Gasteiger charge is -2.31. The molecule has 20 heavy (non-hydrogen) atoms. The third kappa shape index (κ3) is 3.21. The molecule has 2 N–H and O–H groups in total. The van der Waals surface area contributed by atoms with Crippen LogP contribution in [0.25, 0.3) is 0 Å². The van der Waals surface area contributed by atoms with E-state index in [0.29, 0.717) is 5.92 Å². The zero-order valence-electron chi connectivity index (χ0n) is 12.8. The van der Waals surface area contributed by atoms with Gasteiger partial charge in [0.2, 0.25) is 5.91 Å². The predicted octanol–water partition coefficient (Wildman–Crippen LogP) is 2.29. The van der Waals surface area contributed by atoms with E-state index in [1.807, 2.05) is 0 Å². The molecule has 2 rings (SSSR count). The SMILES string of the molecule is Cc1cccc(CCNC(=O)C2(C(C)C)CCNC2)c1. The van der Waals surface area contributed by atoms with Crippen LogP contribution in [-0.2, 0) is 11.2 Å². The van der Waals surface area contributed by atoms with Gasteiger partial charge in [-0.1, -0.05) is 43.7 Å². The average molecular weight is 274 g/mol. The van der Waals surface area contributed by atoms with Gasteiger partial charge in [0.15, 0.2) is 0 Å². The normalized spacial score (nSPS) is 22.2. The first-order chi connectivity index (χ1) is 9.54. The van der Waals surface area contributed by atoms with E-state index >= 15 is 0 Å². The van der Waals surface area contributed by atoms with Gasteiger partial charge in [0.1, 0.15) is 0 Å². The Morgan fingerprint density at radius 2 is 2.25 bits per heavy atom. The minimum Gasteiger partial charge on any atom is -0.355 e. The second kappa shape index (κ2) is 6.40. The Hall–Kier alpha value is -1.35. The average Bonchev–Trinajstić information content (AvgIpc) is 2.89. The fraction of sp³-hybridized carbons (Fsp3) is 0.588. The lowest BCUT2D eigenvalue weighted by atomic mass is 9.75. The molecule has 1 fully saturated rings. The van der Waals surface area contributed by atoms with Crippen LogP contribution >= 0.6 is 0 Å². The second-order valence-electron chi connectivity index (χ2n) is 6.23. The summed E-state index contributed by atoms with van der Waals surface area (Å²) in [6.07, 6.45) is 1.84. The van der Waals surface area contributed by atoms with Crippen molar-refractivity contribution < 1.29 is 4.79 Å². The maximum absolute atomic E-state index is 12.5. The molecule has 1 unspecified atom stereocenters. The highest BCUT2D eigenvalue weighted by Gasteiger charge is 2.43. The van der Waals surface area contributed by atoms with Crippen molar-refractivity contribution in [2.75, 3.05) is 19.6 Å². The molecule has 3 heteroatoms. The van der Waals surface area contributed by atoms with E-state index in [9.17, 15) is 4.79 Å². The molecule has 3 nitrogen and oxygen atoms in total. The fourth-order valence-electron chi connectivity index (χ4n) is 3.02. The van der Waals surface area contributed by atoms with E-state index in [1.165, 1.54) is 11.1 Å². The van der Waals surface area contributed by atoms with Gasteiger partial charge >= 0.3 is 0 Å². The van der Waals surface area contributed by atoms with Crippen molar-refractivity contribution in [3.05, 3.63) is 35.4 Å². The number of carbonyl (C=O) groups is 1. The first-order valence-corrected chi connectivity index (χ1v) is 7.59. The first-order valence-electron chi connectivity index (χ1n) is 7.59. The van der Waals surface area contributed by atoms with Crippen molar-refractivity contribution in [1.29, 1.82) is 0 Å². The van der Waals surface area contributed by atoms with Gasteiger partial charge in [-0.05, 0) is 37.8 Å². The third-order valence-corrected chi connectivity index (χ3v) is 4.53. The van der Waals surface area contributed by atoms with Crippen molar-refractivity contribution in [3.8, 4) is 0 Å². The minimum absolute atomic E-state index is 0.213. The fourth-order valence-corrected chi connectivity index (χ4v) is 3.02. The van der Waals surface area contributed by atoms with Crippen LogP contribution in [0, 0.1) is 18.3 Å². The topological polar surface area (TPSA) is 41.1 Å². The molecule has 1 atom stereocenters. The molecular formula is C17H26N2O. The molecule has 0 spiro atoms. The van der Waals surface area contributed by atoms with Crippen LogP contribution in [0.15, 0.2) is 24.3 Å². The molecule has 1 aliphatic heterocycles. The minimum atomic E-state index is -0.216. The number of carbonyl (C=O) groups excluding carboxylic acids is 1. The van der Waals surface area contributed by atoms with E-state index in [4.69, 9.17) is 0 Å². The van der Waals surface area contributed by atoms with E-state index < -0.39 is 0 Å². The maximum Gasteiger partial charge on any atom is 0.227 e. The zero-order chi connectivity index (χ0) is 14.6. The Bertz CT molecular complexity index is 462. The lowest BCUT2D eigenvalue weighted by Crippen LogP contribution is -2.46. The Labute approximate surface area is 122 Å². The summed E-state index contributed by atoms with van der Waals surface area (Å²) < 4.78 is 0. The van der Waals surface area contributed by atoms with Gasteiger partial charge in [-0.25, -0.2) is 0 Å². The van der Waals surface area contributed by atoms with Crippen LogP contribution < -0.4 is 10.6 Å². The number of benzene rings is 1. The molecule has 0 aromatic heterocycles. The van der Waals surface area contributed by atoms with Crippen molar-refractivity contribution in [1.82, 2.24) is 10.6 Å². The van der Waals surface area contributed by atoms with E-state index in [-0.39, 0.29) is 11.3 Å². The Morgan fingerprint density at radius 3 is 2.85 bits per heavy atom. The highest BCUT2D eigenvalue weighted by atomic mass is 16.2. The number of aryl methyl sites for hydroxylation is 1. The van der Waals surface area contributed by atoms with E-state index in [0.717, 1.165) is 32.5 Å². The van der Waals surface area contributed by atoms with Crippen molar-refractivity contribution >= 4 is 5.91 Å². The van der Waals surface area contributed by atoms with E-state index in [1.54, 1.807) is 0 Å². The van der Waals surface area contributed by atoms with Crippen LogP contribution in [0.5, 0.6) is 0 Å². The molecule has 1 aliphatic rings. The molecule has 1 aromatic rings. The van der Waals surface area contributed by atoms with Crippen LogP contribution in [-0.4, -0.2) is 25.5 Å². The van der Waals surface area contributed by atoms with Crippen molar-refractivity contribution in [2.24, 2.45) is 11.3 Å². The van der Waals surface area contributed by atoms with Crippen LogP contribution in [0.4, 0.5) is 0 Å². The molecule has 110 valence electrons. The molecular weight excluding hydrogens is 248 g/mol. The first kappa shape index (κ1) is 15.0. The highest BCUT2D eigenvalue weighted by Crippen LogP contribution is 2.34. The Morgan fingerprint density at radius 1 is 1.45 bits per heavy atom. The van der Waals surface area contributed by atoms with Gasteiger partial charge in [0, 0.05) is 13.1 Å². The third-order valence-electron chi connectivity index (χ3n) is 4.53. The van der Waals surface area contributed by atoms with Crippen molar-refractivity contribution in [2.45, 2.75) is 33.6 Å². The zero-order valence-corrected chi connectivity index (χ0v) is 12.8. The quantitative estimate of drug-likeness (QED) is 0.865. The number of hydrogen-bond acceptors (Lipinski definition) is 2. The van der Waals surface area contributed by atoms with Crippen molar-refractivity contribution in [3.63, 3.8) is 0 Å². The molecule has 0 aliphatic carbocycles. The second-order valence-corrected chi connectivity index (χ2v) is 6.23. The van der Waals surface area contributed by atoms with Gasteiger partial charge in [-0.15, -0.1) is 0 Å². The van der Waals surface area contributed by atoms with Crippen LogP contribution in [0.3, 0.4) is 0 Å². The van der Waals surface area contributed by atoms with E-state index in [2.05, 4.69) is 55.7 Å². The molecule has 1 aromatic carbocycles. The molecule has 0 radical (unpaired) electrons. The van der Waals surface area contributed by atoms with Gasteiger partial charge in [0.25, 0.3) is 0 Å². The number of nitrogens with one attached hydrogen (secondary N) is 2. The summed E-state index contributed by atoms with van der Waals surface area (Å²) in [7, 11) is 0. The van der Waals surface area contributed by atoms with Gasteiger partial charge in [-0.2, -0.15) is 0 Å². The molecule has 1 saturated heterocycles. The van der Waals surface area contributed by atoms with Crippen LogP contribution in [0.2, 0.25) is 0 Å².